The van der Waals surface area contributed by atoms with Gasteiger partial charge in [-0.1, -0.05) is 23.7 Å². The van der Waals surface area contributed by atoms with Crippen LogP contribution in [0.15, 0.2) is 24.3 Å². The van der Waals surface area contributed by atoms with Crippen LogP contribution in [-0.4, -0.2) is 12.0 Å². The van der Waals surface area contributed by atoms with E-state index in [0.717, 1.165) is 0 Å². The van der Waals surface area contributed by atoms with Gasteiger partial charge < -0.3 is 10.5 Å². The number of para-hydroxylation sites is 1. The Kier molecular flexibility index (Phi) is 3.14. The Bertz CT molecular complexity index is 314. The maximum Gasteiger partial charge on any atom is 0.258 e. The van der Waals surface area contributed by atoms with Crippen LogP contribution in [0.4, 0.5) is 0 Å². The van der Waals surface area contributed by atoms with Crippen LogP contribution in [0, 0.1) is 0 Å². The summed E-state index contributed by atoms with van der Waals surface area (Å²) < 4.78 is 5.20. The maximum absolute atomic E-state index is 10.7. The van der Waals surface area contributed by atoms with Gasteiger partial charge in [0.1, 0.15) is 5.75 Å². The van der Waals surface area contributed by atoms with Crippen molar-refractivity contribution in [2.24, 2.45) is 5.73 Å². The van der Waals surface area contributed by atoms with E-state index in [1.54, 1.807) is 31.2 Å². The minimum atomic E-state index is -0.667. The van der Waals surface area contributed by atoms with Gasteiger partial charge in [-0.3, -0.25) is 4.79 Å². The van der Waals surface area contributed by atoms with Crippen molar-refractivity contribution >= 4 is 17.5 Å². The van der Waals surface area contributed by atoms with Crippen molar-refractivity contribution in [1.82, 2.24) is 0 Å². The Labute approximate surface area is 81.4 Å². The summed E-state index contributed by atoms with van der Waals surface area (Å²) in [5, 5.41) is 0.468. The van der Waals surface area contributed by atoms with E-state index in [2.05, 4.69) is 0 Å². The summed E-state index contributed by atoms with van der Waals surface area (Å²) in [5.74, 6) is -0.0459. The number of hydrogen-bond donors (Lipinski definition) is 1. The van der Waals surface area contributed by atoms with Gasteiger partial charge in [-0.05, 0) is 19.1 Å². The molecule has 3 nitrogen and oxygen atoms in total. The van der Waals surface area contributed by atoms with Crippen molar-refractivity contribution in [1.29, 1.82) is 0 Å². The van der Waals surface area contributed by atoms with Crippen LogP contribution >= 0.6 is 11.6 Å². The van der Waals surface area contributed by atoms with E-state index in [9.17, 15) is 4.79 Å². The summed E-state index contributed by atoms with van der Waals surface area (Å²) in [5.41, 5.74) is 5.03. The normalized spacial score (nSPS) is 12.2. The first kappa shape index (κ1) is 9.86. The summed E-state index contributed by atoms with van der Waals surface area (Å²) in [7, 11) is 0. The number of primary amides is 1. The molecule has 1 rings (SSSR count). The Morgan fingerprint density at radius 2 is 2.15 bits per heavy atom. The van der Waals surface area contributed by atoms with Gasteiger partial charge >= 0.3 is 0 Å². The van der Waals surface area contributed by atoms with E-state index < -0.39 is 12.0 Å². The topological polar surface area (TPSA) is 52.3 Å². The standard InChI is InChI=1S/C9H10ClNO2/c1-6(9(11)12)13-8-5-3-2-4-7(8)10/h2-6H,1H3,(H2,11,12)/t6-/m0/s1. The molecule has 0 spiro atoms. The van der Waals surface area contributed by atoms with Crippen molar-refractivity contribution < 1.29 is 9.53 Å². The number of carbonyl (C=O) groups is 1. The SMILES string of the molecule is C[C@H](Oc1ccccc1Cl)C(N)=O. The van der Waals surface area contributed by atoms with Gasteiger partial charge in [0, 0.05) is 0 Å². The van der Waals surface area contributed by atoms with Crippen LogP contribution in [0.5, 0.6) is 5.75 Å². The molecule has 0 saturated heterocycles. The Morgan fingerprint density at radius 3 is 2.69 bits per heavy atom. The zero-order valence-electron chi connectivity index (χ0n) is 7.16. The molecule has 1 aromatic carbocycles. The molecule has 13 heavy (non-hydrogen) atoms. The fourth-order valence-electron chi connectivity index (χ4n) is 0.789. The van der Waals surface area contributed by atoms with Gasteiger partial charge in [-0.15, -0.1) is 0 Å². The van der Waals surface area contributed by atoms with E-state index in [1.165, 1.54) is 0 Å². The van der Waals surface area contributed by atoms with Gasteiger partial charge in [0.2, 0.25) is 0 Å². The lowest BCUT2D eigenvalue weighted by molar-refractivity contribution is -0.123. The molecule has 0 aliphatic heterocycles. The fraction of sp³-hybridized carbons (Fsp3) is 0.222. The van der Waals surface area contributed by atoms with Crippen molar-refractivity contribution in [3.8, 4) is 5.75 Å². The number of halogens is 1. The summed E-state index contributed by atoms with van der Waals surface area (Å²) in [6, 6.07) is 6.92. The molecule has 0 aromatic heterocycles. The molecule has 2 N–H and O–H groups in total. The second kappa shape index (κ2) is 4.14. The van der Waals surface area contributed by atoms with E-state index in [4.69, 9.17) is 22.1 Å². The highest BCUT2D eigenvalue weighted by molar-refractivity contribution is 6.32. The molecule has 1 amide bonds. The van der Waals surface area contributed by atoms with Crippen molar-refractivity contribution in [3.63, 3.8) is 0 Å². The molecule has 0 aliphatic rings. The van der Waals surface area contributed by atoms with Gasteiger partial charge in [0.15, 0.2) is 6.10 Å². The lowest BCUT2D eigenvalue weighted by atomic mass is 10.3. The Hall–Kier alpha value is -1.22. The highest BCUT2D eigenvalue weighted by atomic mass is 35.5. The van der Waals surface area contributed by atoms with Crippen LogP contribution in [0.2, 0.25) is 5.02 Å². The predicted octanol–water partition coefficient (Wildman–Crippen LogP) is 1.59. The van der Waals surface area contributed by atoms with Crippen LogP contribution < -0.4 is 10.5 Å². The van der Waals surface area contributed by atoms with Crippen molar-refractivity contribution in [2.45, 2.75) is 13.0 Å². The molecule has 0 bridgehead atoms. The zero-order valence-corrected chi connectivity index (χ0v) is 7.91. The molecule has 0 heterocycles. The Balaban J connectivity index is 2.74. The van der Waals surface area contributed by atoms with E-state index in [0.29, 0.717) is 10.8 Å². The van der Waals surface area contributed by atoms with E-state index in [-0.39, 0.29) is 0 Å². The third-order valence-corrected chi connectivity index (χ3v) is 1.85. The van der Waals surface area contributed by atoms with Gasteiger partial charge in [-0.25, -0.2) is 0 Å². The van der Waals surface area contributed by atoms with Gasteiger partial charge in [0.05, 0.1) is 5.02 Å². The van der Waals surface area contributed by atoms with E-state index in [1.807, 2.05) is 0 Å². The van der Waals surface area contributed by atoms with Crippen LogP contribution in [-0.2, 0) is 4.79 Å². The highest BCUT2D eigenvalue weighted by Crippen LogP contribution is 2.23. The smallest absolute Gasteiger partial charge is 0.258 e. The molecule has 0 aliphatic carbocycles. The summed E-state index contributed by atoms with van der Waals surface area (Å²) in [4.78, 5) is 10.7. The predicted molar refractivity (Wildman–Crippen MR) is 50.7 cm³/mol. The average molecular weight is 200 g/mol. The van der Waals surface area contributed by atoms with Crippen LogP contribution in [0.25, 0.3) is 0 Å². The molecule has 0 unspecified atom stereocenters. The van der Waals surface area contributed by atoms with Gasteiger partial charge in [0.25, 0.3) is 5.91 Å². The first-order valence-electron chi connectivity index (χ1n) is 3.81. The lowest BCUT2D eigenvalue weighted by Gasteiger charge is -2.11. The largest absolute Gasteiger partial charge is 0.479 e. The summed E-state index contributed by atoms with van der Waals surface area (Å²) in [6.45, 7) is 1.58. The number of nitrogens with two attached hydrogens (primary N) is 1. The zero-order chi connectivity index (χ0) is 9.84. The van der Waals surface area contributed by atoms with Crippen molar-refractivity contribution in [3.05, 3.63) is 29.3 Å². The molecule has 0 fully saturated rings. The molecule has 0 radical (unpaired) electrons. The Morgan fingerprint density at radius 1 is 1.54 bits per heavy atom. The monoisotopic (exact) mass is 199 g/mol. The molecule has 0 saturated carbocycles. The number of benzene rings is 1. The number of ether oxygens (including phenoxy) is 1. The van der Waals surface area contributed by atoms with Crippen molar-refractivity contribution in [2.75, 3.05) is 0 Å². The first-order chi connectivity index (χ1) is 6.11. The number of carbonyl (C=O) groups excluding carboxylic acids is 1. The maximum atomic E-state index is 10.7. The second-order valence-corrected chi connectivity index (χ2v) is 3.00. The number of rotatable bonds is 3. The minimum absolute atomic E-state index is 0.468. The van der Waals surface area contributed by atoms with Gasteiger partial charge in [-0.2, -0.15) is 0 Å². The first-order valence-corrected chi connectivity index (χ1v) is 4.19. The number of amides is 1. The summed E-state index contributed by atoms with van der Waals surface area (Å²) in [6.07, 6.45) is -0.667. The number of hydrogen-bond acceptors (Lipinski definition) is 2. The molecule has 1 atom stereocenters. The quantitative estimate of drug-likeness (QED) is 0.804. The van der Waals surface area contributed by atoms with Crippen LogP contribution in [0.3, 0.4) is 0 Å². The molecule has 4 heteroatoms. The molecule has 1 aromatic rings. The van der Waals surface area contributed by atoms with E-state index >= 15 is 0 Å². The third kappa shape index (κ3) is 2.63. The average Bonchev–Trinajstić information content (AvgIpc) is 2.08. The van der Waals surface area contributed by atoms with Crippen LogP contribution in [0.1, 0.15) is 6.92 Å². The minimum Gasteiger partial charge on any atom is -0.479 e. The highest BCUT2D eigenvalue weighted by Gasteiger charge is 2.11. The molecule has 70 valence electrons. The lowest BCUT2D eigenvalue weighted by Crippen LogP contribution is -2.30. The fourth-order valence-corrected chi connectivity index (χ4v) is 0.969. The third-order valence-electron chi connectivity index (χ3n) is 1.54. The summed E-state index contributed by atoms with van der Waals surface area (Å²) >= 11 is 5.80. The molecular formula is C9H10ClNO2. The second-order valence-electron chi connectivity index (χ2n) is 2.59. The molecular weight excluding hydrogens is 190 g/mol.